The summed E-state index contributed by atoms with van der Waals surface area (Å²) in [6.45, 7) is 1.75. The van der Waals surface area contributed by atoms with E-state index in [2.05, 4.69) is 14.9 Å². The number of benzene rings is 1. The average molecular weight is 211 g/mol. The van der Waals surface area contributed by atoms with Crippen molar-refractivity contribution in [3.63, 3.8) is 0 Å². The van der Waals surface area contributed by atoms with Gasteiger partial charge in [0.05, 0.1) is 0 Å². The van der Waals surface area contributed by atoms with Gasteiger partial charge in [0.2, 0.25) is 0 Å². The molecule has 0 aliphatic carbocycles. The zero-order valence-corrected chi connectivity index (χ0v) is 7.81. The van der Waals surface area contributed by atoms with E-state index in [0.717, 1.165) is 5.56 Å². The van der Waals surface area contributed by atoms with E-state index in [1.807, 2.05) is 0 Å². The molecule has 0 aliphatic heterocycles. The summed E-state index contributed by atoms with van der Waals surface area (Å²) >= 11 is 3.07. The molecule has 11 heavy (non-hydrogen) atoms. The number of rotatable bonds is 1. The van der Waals surface area contributed by atoms with Gasteiger partial charge in [-0.15, -0.1) is 0 Å². The van der Waals surface area contributed by atoms with Gasteiger partial charge in [-0.3, -0.25) is 0 Å². The zero-order valence-electron chi connectivity index (χ0n) is 5.89. The first-order valence-electron chi connectivity index (χ1n) is 3.01. The molecule has 0 heterocycles. The van der Waals surface area contributed by atoms with Crippen LogP contribution in [0.15, 0.2) is 29.2 Å². The first-order valence-corrected chi connectivity index (χ1v) is 5.73. The standard InChI is InChI=1S/C7H7O2S.Fe/c1-6-4-2-3-5-7(6)10(8)9;/h2-5H,1H3;. The fraction of sp³-hybridized carbons (Fsp3) is 0.143. The Morgan fingerprint density at radius 1 is 1.27 bits per heavy atom. The van der Waals surface area contributed by atoms with Gasteiger partial charge >= 0.3 is 73.2 Å². The maximum absolute atomic E-state index is 10.9. The second-order valence-corrected chi connectivity index (χ2v) is 5.26. The summed E-state index contributed by atoms with van der Waals surface area (Å²) in [6, 6.07) is 6.78. The molecule has 61 valence electrons. The minimum atomic E-state index is -3.28. The van der Waals surface area contributed by atoms with Gasteiger partial charge in [0.15, 0.2) is 0 Å². The van der Waals surface area contributed by atoms with Crippen molar-refractivity contribution in [1.29, 1.82) is 0 Å². The van der Waals surface area contributed by atoms with Crippen molar-refractivity contribution >= 4 is 8.26 Å². The van der Waals surface area contributed by atoms with Crippen LogP contribution in [0.1, 0.15) is 5.56 Å². The van der Waals surface area contributed by atoms with E-state index in [4.69, 9.17) is 0 Å². The third kappa shape index (κ3) is 2.06. The Hall–Kier alpha value is -0.311. The third-order valence-electron chi connectivity index (χ3n) is 1.35. The molecule has 0 fully saturated rings. The van der Waals surface area contributed by atoms with Crippen LogP contribution in [0.2, 0.25) is 0 Å². The topological polar surface area (TPSA) is 34.1 Å². The number of hydrogen-bond donors (Lipinski definition) is 0. The van der Waals surface area contributed by atoms with Gasteiger partial charge in [-0.25, -0.2) is 0 Å². The van der Waals surface area contributed by atoms with Crippen LogP contribution >= 0.6 is 0 Å². The summed E-state index contributed by atoms with van der Waals surface area (Å²) in [5.41, 5.74) is 0.738. The quantitative estimate of drug-likeness (QED) is 0.654. The summed E-state index contributed by atoms with van der Waals surface area (Å²) < 4.78 is 21.9. The predicted molar refractivity (Wildman–Crippen MR) is 38.4 cm³/mol. The Labute approximate surface area is 73.4 Å². The van der Waals surface area contributed by atoms with Gasteiger partial charge in [0.1, 0.15) is 0 Å². The summed E-state index contributed by atoms with van der Waals surface area (Å²) in [5.74, 6) is 0. The van der Waals surface area contributed by atoms with E-state index in [9.17, 15) is 8.42 Å². The number of aryl methyl sites for hydroxylation is 1. The maximum atomic E-state index is 10.9. The van der Waals surface area contributed by atoms with Crippen LogP contribution in [0.25, 0.3) is 0 Å². The molecule has 0 aliphatic rings. The van der Waals surface area contributed by atoms with Crippen molar-refractivity contribution in [2.24, 2.45) is 0 Å². The molecule has 1 aromatic carbocycles. The van der Waals surface area contributed by atoms with Gasteiger partial charge < -0.3 is 0 Å². The van der Waals surface area contributed by atoms with Crippen molar-refractivity contribution in [2.45, 2.75) is 11.8 Å². The molecule has 0 atom stereocenters. The van der Waals surface area contributed by atoms with E-state index in [0.29, 0.717) is 4.90 Å². The van der Waals surface area contributed by atoms with E-state index < -0.39 is 8.26 Å². The Balaban J connectivity index is 3.37. The molecule has 0 N–H and O–H groups in total. The molecule has 0 radical (unpaired) electrons. The van der Waals surface area contributed by atoms with Crippen molar-refractivity contribution < 1.29 is 23.3 Å². The summed E-state index contributed by atoms with van der Waals surface area (Å²) in [7, 11) is -3.28. The van der Waals surface area contributed by atoms with E-state index in [-0.39, 0.29) is 0 Å². The van der Waals surface area contributed by atoms with Gasteiger partial charge in [-0.05, 0) is 0 Å². The van der Waals surface area contributed by atoms with Gasteiger partial charge in [-0.1, -0.05) is 0 Å². The zero-order chi connectivity index (χ0) is 8.48. The fourth-order valence-electron chi connectivity index (χ4n) is 0.824. The van der Waals surface area contributed by atoms with Crippen LogP contribution in [0.5, 0.6) is 0 Å². The molecule has 1 aromatic rings. The van der Waals surface area contributed by atoms with Crippen LogP contribution in [0.4, 0.5) is 0 Å². The summed E-state index contributed by atoms with van der Waals surface area (Å²) in [5, 5.41) is 0. The van der Waals surface area contributed by atoms with Crippen molar-refractivity contribution in [1.82, 2.24) is 0 Å². The molecule has 0 amide bonds. The van der Waals surface area contributed by atoms with Gasteiger partial charge in [-0.2, -0.15) is 0 Å². The van der Waals surface area contributed by atoms with E-state index in [1.54, 1.807) is 31.2 Å². The molecule has 0 bridgehead atoms. The molecule has 1 rings (SSSR count). The SMILES string of the molecule is Cc1ccccc1[S](=O)(=O)[Fe]. The van der Waals surface area contributed by atoms with Crippen molar-refractivity contribution in [3.8, 4) is 0 Å². The molecule has 0 saturated carbocycles. The molecule has 0 spiro atoms. The Morgan fingerprint density at radius 2 is 1.82 bits per heavy atom. The molecule has 0 saturated heterocycles. The Morgan fingerprint density at radius 3 is 2.18 bits per heavy atom. The van der Waals surface area contributed by atoms with Crippen LogP contribution in [-0.2, 0) is 23.1 Å². The average Bonchev–Trinajstić information content (AvgIpc) is 1.86. The molecule has 0 unspecified atom stereocenters. The second-order valence-electron chi connectivity index (χ2n) is 2.19. The second kappa shape index (κ2) is 2.97. The van der Waals surface area contributed by atoms with Gasteiger partial charge in [0, 0.05) is 0 Å². The van der Waals surface area contributed by atoms with Crippen LogP contribution in [0.3, 0.4) is 0 Å². The minimum absolute atomic E-state index is 0.306. The van der Waals surface area contributed by atoms with Gasteiger partial charge in [0.25, 0.3) is 0 Å². The molecular formula is C7H7FeO2S. The van der Waals surface area contributed by atoms with E-state index in [1.165, 1.54) is 0 Å². The Bertz CT molecular complexity index is 356. The van der Waals surface area contributed by atoms with Crippen LogP contribution in [0, 0.1) is 6.92 Å². The normalized spacial score (nSPS) is 11.5. The first kappa shape index (κ1) is 8.78. The molecule has 2 nitrogen and oxygen atoms in total. The molecule has 4 heteroatoms. The summed E-state index contributed by atoms with van der Waals surface area (Å²) in [4.78, 5) is 0.306. The molecular weight excluding hydrogens is 204 g/mol. The van der Waals surface area contributed by atoms with Crippen LogP contribution < -0.4 is 0 Å². The first-order chi connectivity index (χ1) is 5.02. The third-order valence-corrected chi connectivity index (χ3v) is 3.05. The number of hydrogen-bond acceptors (Lipinski definition) is 2. The van der Waals surface area contributed by atoms with Crippen molar-refractivity contribution in [3.05, 3.63) is 29.8 Å². The molecule has 0 aromatic heterocycles. The summed E-state index contributed by atoms with van der Waals surface area (Å²) in [6.07, 6.45) is 0. The van der Waals surface area contributed by atoms with E-state index >= 15 is 0 Å². The fourth-order valence-corrected chi connectivity index (χ4v) is 2.27. The monoisotopic (exact) mass is 211 g/mol. The van der Waals surface area contributed by atoms with Crippen molar-refractivity contribution in [2.75, 3.05) is 0 Å². The van der Waals surface area contributed by atoms with Crippen LogP contribution in [-0.4, -0.2) is 8.42 Å². The Kier molecular flexibility index (Phi) is 2.37. The predicted octanol–water partition coefficient (Wildman–Crippen LogP) is 1.23.